The molecule has 1 aliphatic rings. The first kappa shape index (κ1) is 16.8. The molecule has 0 saturated carbocycles. The maximum absolute atomic E-state index is 12.6. The number of fused-ring (bicyclic) bond motifs is 1. The molecule has 1 atom stereocenters. The van der Waals surface area contributed by atoms with Crippen LogP contribution >= 0.6 is 0 Å². The lowest BCUT2D eigenvalue weighted by molar-refractivity contribution is 0.171. The van der Waals surface area contributed by atoms with Gasteiger partial charge >= 0.3 is 0 Å². The number of hydrogen-bond donors (Lipinski definition) is 1. The third-order valence-electron chi connectivity index (χ3n) is 4.04. The van der Waals surface area contributed by atoms with Crippen LogP contribution in [-0.4, -0.2) is 21.6 Å². The molecule has 6 heteroatoms. The molecule has 2 aromatic rings. The minimum absolute atomic E-state index is 0.170. The van der Waals surface area contributed by atoms with Crippen LogP contribution in [0.3, 0.4) is 0 Å². The topological polar surface area (TPSA) is 64.6 Å². The Morgan fingerprint density at radius 1 is 1.04 bits per heavy atom. The maximum Gasteiger partial charge on any atom is 0.241 e. The highest BCUT2D eigenvalue weighted by molar-refractivity contribution is 7.89. The highest BCUT2D eigenvalue weighted by Crippen LogP contribution is 2.32. The third kappa shape index (κ3) is 3.55. The standard InChI is InChI=1S/C18H21NO4S/c1-3-14-4-6-15(7-5-14)13(2)19-24(20,21)16-8-9-17-18(12-16)23-11-10-22-17/h4-9,12-13,19H,3,10-11H2,1-2H3/t13-/m0/s1. The van der Waals surface area contributed by atoms with Crippen molar-refractivity contribution in [3.8, 4) is 11.5 Å². The van der Waals surface area contributed by atoms with Gasteiger partial charge in [0.1, 0.15) is 13.2 Å². The van der Waals surface area contributed by atoms with Crippen molar-refractivity contribution in [2.45, 2.75) is 31.2 Å². The lowest BCUT2D eigenvalue weighted by atomic mass is 10.1. The van der Waals surface area contributed by atoms with Gasteiger partial charge in [0.2, 0.25) is 10.0 Å². The van der Waals surface area contributed by atoms with Crippen molar-refractivity contribution in [2.75, 3.05) is 13.2 Å². The van der Waals surface area contributed by atoms with Gasteiger partial charge in [-0.25, -0.2) is 13.1 Å². The molecule has 0 spiro atoms. The minimum Gasteiger partial charge on any atom is -0.486 e. The van der Waals surface area contributed by atoms with Gasteiger partial charge < -0.3 is 9.47 Å². The Morgan fingerprint density at radius 2 is 1.71 bits per heavy atom. The molecule has 2 aromatic carbocycles. The third-order valence-corrected chi connectivity index (χ3v) is 5.58. The Labute approximate surface area is 142 Å². The summed E-state index contributed by atoms with van der Waals surface area (Å²) >= 11 is 0. The van der Waals surface area contributed by atoms with Crippen LogP contribution in [0.5, 0.6) is 11.5 Å². The van der Waals surface area contributed by atoms with Gasteiger partial charge in [-0.05, 0) is 36.6 Å². The zero-order valence-electron chi connectivity index (χ0n) is 13.8. The van der Waals surface area contributed by atoms with E-state index in [4.69, 9.17) is 9.47 Å². The molecule has 0 aromatic heterocycles. The average molecular weight is 347 g/mol. The molecule has 0 aliphatic carbocycles. The summed E-state index contributed by atoms with van der Waals surface area (Å²) in [5, 5.41) is 0. The van der Waals surface area contributed by atoms with E-state index in [1.807, 2.05) is 31.2 Å². The van der Waals surface area contributed by atoms with Crippen LogP contribution in [0.1, 0.15) is 31.0 Å². The molecule has 0 amide bonds. The zero-order chi connectivity index (χ0) is 17.2. The van der Waals surface area contributed by atoms with Crippen molar-refractivity contribution in [1.29, 1.82) is 0 Å². The van der Waals surface area contributed by atoms with Gasteiger partial charge in [0, 0.05) is 12.1 Å². The van der Waals surface area contributed by atoms with Gasteiger partial charge in [-0.2, -0.15) is 0 Å². The highest BCUT2D eigenvalue weighted by atomic mass is 32.2. The maximum atomic E-state index is 12.6. The van der Waals surface area contributed by atoms with Crippen molar-refractivity contribution in [3.63, 3.8) is 0 Å². The van der Waals surface area contributed by atoms with E-state index in [0.717, 1.165) is 12.0 Å². The first-order valence-electron chi connectivity index (χ1n) is 8.00. The van der Waals surface area contributed by atoms with Gasteiger partial charge in [0.15, 0.2) is 11.5 Å². The fraction of sp³-hybridized carbons (Fsp3) is 0.333. The molecular formula is C18H21NO4S. The fourth-order valence-corrected chi connectivity index (χ4v) is 3.85. The van der Waals surface area contributed by atoms with Gasteiger partial charge in [-0.15, -0.1) is 0 Å². The predicted octanol–water partition coefficient (Wildman–Crippen LogP) is 3.06. The Balaban J connectivity index is 1.79. The van der Waals surface area contributed by atoms with Crippen LogP contribution in [0.2, 0.25) is 0 Å². The van der Waals surface area contributed by atoms with Crippen molar-refractivity contribution in [2.24, 2.45) is 0 Å². The second-order valence-electron chi connectivity index (χ2n) is 5.74. The van der Waals surface area contributed by atoms with E-state index in [2.05, 4.69) is 11.6 Å². The van der Waals surface area contributed by atoms with Gasteiger partial charge in [0.25, 0.3) is 0 Å². The minimum atomic E-state index is -3.64. The highest BCUT2D eigenvalue weighted by Gasteiger charge is 2.21. The van der Waals surface area contributed by atoms with E-state index < -0.39 is 10.0 Å². The van der Waals surface area contributed by atoms with E-state index in [9.17, 15) is 8.42 Å². The Hall–Kier alpha value is -2.05. The van der Waals surface area contributed by atoms with E-state index >= 15 is 0 Å². The van der Waals surface area contributed by atoms with Crippen molar-refractivity contribution >= 4 is 10.0 Å². The summed E-state index contributed by atoms with van der Waals surface area (Å²) in [7, 11) is -3.64. The van der Waals surface area contributed by atoms with Crippen LogP contribution in [0.15, 0.2) is 47.4 Å². The Morgan fingerprint density at radius 3 is 2.38 bits per heavy atom. The van der Waals surface area contributed by atoms with Crippen LogP contribution in [0.25, 0.3) is 0 Å². The molecule has 128 valence electrons. The van der Waals surface area contributed by atoms with Crippen molar-refractivity contribution in [3.05, 3.63) is 53.6 Å². The van der Waals surface area contributed by atoms with E-state index in [0.29, 0.717) is 24.7 Å². The lowest BCUT2D eigenvalue weighted by Gasteiger charge is -2.20. The second kappa shape index (κ2) is 6.83. The monoisotopic (exact) mass is 347 g/mol. The summed E-state index contributed by atoms with van der Waals surface area (Å²) in [6.45, 7) is 4.81. The van der Waals surface area contributed by atoms with Gasteiger partial charge in [-0.1, -0.05) is 31.2 Å². The SMILES string of the molecule is CCc1ccc([C@H](C)NS(=O)(=O)c2ccc3c(c2)OCCO3)cc1. The van der Waals surface area contributed by atoms with Crippen LogP contribution in [-0.2, 0) is 16.4 Å². The molecule has 1 N–H and O–H groups in total. The summed E-state index contributed by atoms with van der Waals surface area (Å²) < 4.78 is 38.8. The smallest absolute Gasteiger partial charge is 0.241 e. The number of aryl methyl sites for hydroxylation is 1. The number of hydrogen-bond acceptors (Lipinski definition) is 4. The molecule has 3 rings (SSSR count). The molecular weight excluding hydrogens is 326 g/mol. The van der Waals surface area contributed by atoms with Crippen molar-refractivity contribution in [1.82, 2.24) is 4.72 Å². The molecule has 0 bridgehead atoms. The quantitative estimate of drug-likeness (QED) is 0.903. The number of nitrogens with one attached hydrogen (secondary N) is 1. The van der Waals surface area contributed by atoms with Gasteiger partial charge in [-0.3, -0.25) is 0 Å². The molecule has 1 heterocycles. The first-order chi connectivity index (χ1) is 11.5. The van der Waals surface area contributed by atoms with Crippen LogP contribution < -0.4 is 14.2 Å². The lowest BCUT2D eigenvalue weighted by Crippen LogP contribution is -2.27. The Kier molecular flexibility index (Phi) is 4.78. The fourth-order valence-electron chi connectivity index (χ4n) is 2.60. The second-order valence-corrected chi connectivity index (χ2v) is 7.46. The predicted molar refractivity (Wildman–Crippen MR) is 92.0 cm³/mol. The van der Waals surface area contributed by atoms with Crippen LogP contribution in [0, 0.1) is 0 Å². The molecule has 0 fully saturated rings. The molecule has 5 nitrogen and oxygen atoms in total. The van der Waals surface area contributed by atoms with Crippen molar-refractivity contribution < 1.29 is 17.9 Å². The summed E-state index contributed by atoms with van der Waals surface area (Å²) in [5.74, 6) is 1.03. The number of ether oxygens (including phenoxy) is 2. The molecule has 0 radical (unpaired) electrons. The molecule has 1 aliphatic heterocycles. The summed E-state index contributed by atoms with van der Waals surface area (Å²) in [5.41, 5.74) is 2.15. The number of sulfonamides is 1. The Bertz CT molecular complexity index is 815. The largest absolute Gasteiger partial charge is 0.486 e. The zero-order valence-corrected chi connectivity index (χ0v) is 14.6. The average Bonchev–Trinajstić information content (AvgIpc) is 2.61. The number of benzene rings is 2. The molecule has 0 unspecified atom stereocenters. The van der Waals surface area contributed by atoms with Gasteiger partial charge in [0.05, 0.1) is 4.90 Å². The van der Waals surface area contributed by atoms with E-state index in [1.165, 1.54) is 17.7 Å². The summed E-state index contributed by atoms with van der Waals surface area (Å²) in [6.07, 6.45) is 0.956. The molecule has 0 saturated heterocycles. The summed E-state index contributed by atoms with van der Waals surface area (Å²) in [6, 6.07) is 12.3. The number of rotatable bonds is 5. The van der Waals surface area contributed by atoms with E-state index in [1.54, 1.807) is 6.07 Å². The van der Waals surface area contributed by atoms with Crippen LogP contribution in [0.4, 0.5) is 0 Å². The van der Waals surface area contributed by atoms with E-state index in [-0.39, 0.29) is 10.9 Å². The summed E-state index contributed by atoms with van der Waals surface area (Å²) in [4.78, 5) is 0.170. The molecule has 24 heavy (non-hydrogen) atoms. The first-order valence-corrected chi connectivity index (χ1v) is 9.49. The normalized spacial score (nSPS) is 15.1.